The number of nitrogens with zero attached hydrogens (tertiary/aromatic N) is 1. The Kier molecular flexibility index (Phi) is 5.50. The van der Waals surface area contributed by atoms with Crippen molar-refractivity contribution in [3.63, 3.8) is 0 Å². The fraction of sp³-hybridized carbons (Fsp3) is 0.350. The van der Waals surface area contributed by atoms with E-state index in [1.165, 1.54) is 18.4 Å². The minimum absolute atomic E-state index is 0.308. The Balaban J connectivity index is 1.50. The quantitative estimate of drug-likeness (QED) is 0.686. The van der Waals surface area contributed by atoms with Crippen molar-refractivity contribution in [3.05, 3.63) is 50.3 Å². The Morgan fingerprint density at radius 2 is 2.14 bits per heavy atom. The van der Waals surface area contributed by atoms with Crippen LogP contribution in [0.5, 0.6) is 0 Å². The second kappa shape index (κ2) is 8.05. The number of hydrogen-bond donors (Lipinski definition) is 1. The number of thiophene rings is 1. The number of carbonyl (C=O) groups excluding carboxylic acids is 2. The molecule has 1 N–H and O–H groups in total. The number of nitrogens with one attached hydrogen (secondary N) is 1. The standard InChI is InChI=1S/C20H19BrN2O4S/c1-26-20(25)17-13-7-2-3-8-16(13)28-19(17)22-18(24)15-10-14(23-27-15)11-5-4-6-12(21)9-11/h4-6,9,15H,2-3,7-8,10H2,1H3,(H,22,24). The maximum absolute atomic E-state index is 12.8. The molecule has 0 radical (unpaired) electrons. The number of rotatable bonds is 4. The molecule has 1 atom stereocenters. The Morgan fingerprint density at radius 3 is 2.93 bits per heavy atom. The monoisotopic (exact) mass is 462 g/mol. The Morgan fingerprint density at radius 1 is 1.32 bits per heavy atom. The summed E-state index contributed by atoms with van der Waals surface area (Å²) in [5, 5.41) is 7.50. The summed E-state index contributed by atoms with van der Waals surface area (Å²) in [6, 6.07) is 7.70. The fourth-order valence-electron chi connectivity index (χ4n) is 3.52. The molecule has 0 bridgehead atoms. The zero-order valence-corrected chi connectivity index (χ0v) is 17.7. The first-order valence-corrected chi connectivity index (χ1v) is 10.7. The lowest BCUT2D eigenvalue weighted by Gasteiger charge is -2.12. The van der Waals surface area contributed by atoms with Gasteiger partial charge in [0.05, 0.1) is 18.4 Å². The van der Waals surface area contributed by atoms with Gasteiger partial charge in [-0.15, -0.1) is 11.3 Å². The van der Waals surface area contributed by atoms with Crippen LogP contribution in [0.1, 0.15) is 45.6 Å². The maximum Gasteiger partial charge on any atom is 0.341 e. The highest BCUT2D eigenvalue weighted by atomic mass is 79.9. The van der Waals surface area contributed by atoms with E-state index in [2.05, 4.69) is 26.4 Å². The lowest BCUT2D eigenvalue weighted by Crippen LogP contribution is -2.28. The van der Waals surface area contributed by atoms with Crippen LogP contribution in [0.25, 0.3) is 0 Å². The van der Waals surface area contributed by atoms with Gasteiger partial charge in [0, 0.05) is 21.3 Å². The highest BCUT2D eigenvalue weighted by Crippen LogP contribution is 2.38. The van der Waals surface area contributed by atoms with Crippen molar-refractivity contribution >= 4 is 49.9 Å². The van der Waals surface area contributed by atoms with Gasteiger partial charge in [0.1, 0.15) is 5.00 Å². The highest BCUT2D eigenvalue weighted by Gasteiger charge is 2.32. The number of fused-ring (bicyclic) bond motifs is 1. The van der Waals surface area contributed by atoms with Gasteiger partial charge in [-0.05, 0) is 43.4 Å². The van der Waals surface area contributed by atoms with Crippen LogP contribution < -0.4 is 5.32 Å². The summed E-state index contributed by atoms with van der Waals surface area (Å²) in [6.45, 7) is 0. The first kappa shape index (κ1) is 19.1. The minimum atomic E-state index is -0.724. The van der Waals surface area contributed by atoms with Crippen molar-refractivity contribution in [1.29, 1.82) is 0 Å². The molecule has 0 saturated heterocycles. The predicted octanol–water partition coefficient (Wildman–Crippen LogP) is 4.31. The van der Waals surface area contributed by atoms with Crippen LogP contribution >= 0.6 is 27.3 Å². The summed E-state index contributed by atoms with van der Waals surface area (Å²) < 4.78 is 5.89. The lowest BCUT2D eigenvalue weighted by molar-refractivity contribution is -0.125. The number of oxime groups is 1. The number of methoxy groups -OCH3 is 1. The van der Waals surface area contributed by atoms with E-state index in [0.717, 1.165) is 51.9 Å². The average molecular weight is 463 g/mol. The topological polar surface area (TPSA) is 77.0 Å². The van der Waals surface area contributed by atoms with Gasteiger partial charge >= 0.3 is 5.97 Å². The summed E-state index contributed by atoms with van der Waals surface area (Å²) in [6.07, 6.45) is 3.55. The molecule has 6 nitrogen and oxygen atoms in total. The maximum atomic E-state index is 12.8. The Bertz CT molecular complexity index is 969. The van der Waals surface area contributed by atoms with Crippen LogP contribution in [0.2, 0.25) is 0 Å². The number of esters is 1. The molecule has 0 spiro atoms. The molecule has 2 aromatic rings. The summed E-state index contributed by atoms with van der Waals surface area (Å²) in [5.41, 5.74) is 3.13. The molecule has 8 heteroatoms. The van der Waals surface area contributed by atoms with Gasteiger partial charge < -0.3 is 14.9 Å². The van der Waals surface area contributed by atoms with Crippen molar-refractivity contribution in [3.8, 4) is 0 Å². The van der Waals surface area contributed by atoms with Crippen LogP contribution in [0, 0.1) is 0 Å². The first-order chi connectivity index (χ1) is 13.6. The van der Waals surface area contributed by atoms with Crippen LogP contribution in [-0.4, -0.2) is 30.8 Å². The van der Waals surface area contributed by atoms with Gasteiger partial charge in [-0.25, -0.2) is 4.79 Å². The number of ether oxygens (including phenoxy) is 1. The second-order valence-electron chi connectivity index (χ2n) is 6.74. The largest absolute Gasteiger partial charge is 0.465 e. The van der Waals surface area contributed by atoms with Gasteiger partial charge in [-0.2, -0.15) is 0 Å². The summed E-state index contributed by atoms with van der Waals surface area (Å²) in [7, 11) is 1.36. The third-order valence-corrected chi connectivity index (χ3v) is 6.62. The van der Waals surface area contributed by atoms with E-state index in [-0.39, 0.29) is 5.91 Å². The number of hydrogen-bond acceptors (Lipinski definition) is 6. The van der Waals surface area contributed by atoms with Crippen molar-refractivity contribution in [2.24, 2.45) is 5.16 Å². The third-order valence-electron chi connectivity index (χ3n) is 4.92. The third kappa shape index (κ3) is 3.71. The smallest absolute Gasteiger partial charge is 0.341 e. The zero-order valence-electron chi connectivity index (χ0n) is 15.3. The predicted molar refractivity (Wildman–Crippen MR) is 111 cm³/mol. The van der Waals surface area contributed by atoms with Gasteiger partial charge in [0.2, 0.25) is 6.10 Å². The minimum Gasteiger partial charge on any atom is -0.465 e. The summed E-state index contributed by atoms with van der Waals surface area (Å²) in [5.74, 6) is -0.717. The fourth-order valence-corrected chi connectivity index (χ4v) is 5.20. The molecule has 1 unspecified atom stereocenters. The summed E-state index contributed by atoms with van der Waals surface area (Å²) >= 11 is 4.90. The van der Waals surface area contributed by atoms with E-state index in [1.54, 1.807) is 0 Å². The molecule has 0 fully saturated rings. The second-order valence-corrected chi connectivity index (χ2v) is 8.76. The molecule has 146 valence electrons. The number of halogens is 1. The zero-order chi connectivity index (χ0) is 19.7. The van der Waals surface area contributed by atoms with Crippen LogP contribution in [0.15, 0.2) is 33.9 Å². The van der Waals surface area contributed by atoms with Gasteiger partial charge in [-0.1, -0.05) is 33.2 Å². The molecule has 0 saturated carbocycles. The van der Waals surface area contributed by atoms with Crippen LogP contribution in [-0.2, 0) is 27.2 Å². The molecule has 2 aliphatic rings. The van der Waals surface area contributed by atoms with Gasteiger partial charge in [-0.3, -0.25) is 4.79 Å². The molecule has 1 amide bonds. The van der Waals surface area contributed by atoms with E-state index in [0.29, 0.717) is 17.0 Å². The lowest BCUT2D eigenvalue weighted by atomic mass is 9.95. The molecular formula is C20H19BrN2O4S. The molecule has 1 aliphatic carbocycles. The highest BCUT2D eigenvalue weighted by molar-refractivity contribution is 9.10. The van der Waals surface area contributed by atoms with Crippen molar-refractivity contribution in [2.45, 2.75) is 38.2 Å². The molecule has 1 aromatic carbocycles. The molecule has 2 heterocycles. The molecular weight excluding hydrogens is 444 g/mol. The summed E-state index contributed by atoms with van der Waals surface area (Å²) in [4.78, 5) is 31.6. The number of aryl methyl sites for hydroxylation is 1. The number of amides is 1. The Hall–Kier alpha value is -2.19. The Labute approximate surface area is 175 Å². The molecule has 1 aromatic heterocycles. The van der Waals surface area contributed by atoms with E-state index < -0.39 is 12.1 Å². The molecule has 28 heavy (non-hydrogen) atoms. The van der Waals surface area contributed by atoms with Crippen LogP contribution in [0.3, 0.4) is 0 Å². The van der Waals surface area contributed by atoms with Crippen LogP contribution in [0.4, 0.5) is 5.00 Å². The normalized spacial score (nSPS) is 18.1. The average Bonchev–Trinajstić information content (AvgIpc) is 3.32. The van der Waals surface area contributed by atoms with E-state index >= 15 is 0 Å². The number of carbonyl (C=O) groups is 2. The van der Waals surface area contributed by atoms with Gasteiger partial charge in [0.25, 0.3) is 5.91 Å². The van der Waals surface area contributed by atoms with E-state index in [4.69, 9.17) is 9.57 Å². The van der Waals surface area contributed by atoms with Crippen molar-refractivity contribution in [1.82, 2.24) is 0 Å². The van der Waals surface area contributed by atoms with E-state index in [1.807, 2.05) is 24.3 Å². The van der Waals surface area contributed by atoms with E-state index in [9.17, 15) is 9.59 Å². The SMILES string of the molecule is COC(=O)c1c(NC(=O)C2CC(c3cccc(Br)c3)=NO2)sc2c1CCCC2. The number of benzene rings is 1. The van der Waals surface area contributed by atoms with Crippen molar-refractivity contribution < 1.29 is 19.2 Å². The molecule has 1 aliphatic heterocycles. The van der Waals surface area contributed by atoms with Gasteiger partial charge in [0.15, 0.2) is 0 Å². The number of anilines is 1. The van der Waals surface area contributed by atoms with Crippen molar-refractivity contribution in [2.75, 3.05) is 12.4 Å². The first-order valence-electron chi connectivity index (χ1n) is 9.09. The molecule has 4 rings (SSSR count).